The molecule has 0 radical (unpaired) electrons. The van der Waals surface area contributed by atoms with Crippen LogP contribution in [0.15, 0.2) is 29.6 Å². The normalized spacial score (nSPS) is 12.0. The van der Waals surface area contributed by atoms with Crippen molar-refractivity contribution in [2.24, 2.45) is 0 Å². The Labute approximate surface area is 128 Å². The molecular weight excluding hydrogens is 292 g/mol. The molecule has 0 fully saturated rings. The summed E-state index contributed by atoms with van der Waals surface area (Å²) < 4.78 is 0.792. The van der Waals surface area contributed by atoms with Gasteiger partial charge in [-0.15, -0.1) is 11.3 Å². The van der Waals surface area contributed by atoms with Crippen molar-refractivity contribution >= 4 is 34.5 Å². The Balaban J connectivity index is 2.15. The fourth-order valence-electron chi connectivity index (χ4n) is 1.98. The highest BCUT2D eigenvalue weighted by atomic mass is 35.5. The molecule has 0 spiro atoms. The summed E-state index contributed by atoms with van der Waals surface area (Å²) in [5, 5.41) is 8.11. The van der Waals surface area contributed by atoms with E-state index in [-0.39, 0.29) is 11.9 Å². The number of rotatable bonds is 4. The summed E-state index contributed by atoms with van der Waals surface area (Å²) in [7, 11) is 1.63. The van der Waals surface area contributed by atoms with Crippen molar-refractivity contribution in [3.8, 4) is 0 Å². The molecule has 0 aliphatic carbocycles. The fourth-order valence-corrected chi connectivity index (χ4v) is 2.96. The number of halogens is 1. The maximum atomic E-state index is 11.6. The predicted molar refractivity (Wildman–Crippen MR) is 85.9 cm³/mol. The average molecular weight is 309 g/mol. The summed E-state index contributed by atoms with van der Waals surface area (Å²) >= 11 is 7.49. The van der Waals surface area contributed by atoms with Gasteiger partial charge in [0.15, 0.2) is 0 Å². The topological polar surface area (TPSA) is 41.1 Å². The molecule has 1 atom stereocenters. The summed E-state index contributed by atoms with van der Waals surface area (Å²) in [5.41, 5.74) is 3.89. The van der Waals surface area contributed by atoms with Crippen LogP contribution in [0.3, 0.4) is 0 Å². The average Bonchev–Trinajstić information content (AvgIpc) is 2.86. The second-order valence-electron chi connectivity index (χ2n) is 4.66. The van der Waals surface area contributed by atoms with E-state index in [1.165, 1.54) is 11.3 Å². The molecular formula is C15H17ClN2OS. The third-order valence-electron chi connectivity index (χ3n) is 3.18. The monoisotopic (exact) mass is 308 g/mol. The Morgan fingerprint density at radius 2 is 2.10 bits per heavy atom. The van der Waals surface area contributed by atoms with Crippen LogP contribution in [-0.4, -0.2) is 13.0 Å². The molecule has 0 saturated carbocycles. The molecule has 20 heavy (non-hydrogen) atoms. The molecule has 1 amide bonds. The van der Waals surface area contributed by atoms with Gasteiger partial charge in [-0.05, 0) is 54.6 Å². The van der Waals surface area contributed by atoms with E-state index in [0.717, 1.165) is 21.2 Å². The van der Waals surface area contributed by atoms with E-state index < -0.39 is 0 Å². The van der Waals surface area contributed by atoms with Crippen LogP contribution in [0.4, 0.5) is 5.69 Å². The van der Waals surface area contributed by atoms with Crippen molar-refractivity contribution in [2.45, 2.75) is 19.9 Å². The van der Waals surface area contributed by atoms with Gasteiger partial charge in [0.25, 0.3) is 5.91 Å². The standard InChI is InChI=1S/C15H17ClN2OS/c1-9-6-11(15(19)17-3)4-5-13(9)18-10(2)12-7-14(16)20-8-12/h4-8,10,18H,1-3H3,(H,17,19). The van der Waals surface area contributed by atoms with E-state index in [4.69, 9.17) is 11.6 Å². The maximum absolute atomic E-state index is 11.6. The minimum atomic E-state index is -0.0719. The van der Waals surface area contributed by atoms with E-state index in [0.29, 0.717) is 5.56 Å². The Hall–Kier alpha value is -1.52. The fraction of sp³-hybridized carbons (Fsp3) is 0.267. The lowest BCUT2D eigenvalue weighted by Gasteiger charge is -2.16. The SMILES string of the molecule is CNC(=O)c1ccc(NC(C)c2csc(Cl)c2)c(C)c1. The lowest BCUT2D eigenvalue weighted by atomic mass is 10.1. The molecule has 0 bridgehead atoms. The molecule has 1 heterocycles. The van der Waals surface area contributed by atoms with Crippen molar-refractivity contribution in [3.05, 3.63) is 50.7 Å². The van der Waals surface area contributed by atoms with Crippen LogP contribution >= 0.6 is 22.9 Å². The van der Waals surface area contributed by atoms with Gasteiger partial charge in [-0.2, -0.15) is 0 Å². The second-order valence-corrected chi connectivity index (χ2v) is 6.20. The van der Waals surface area contributed by atoms with Gasteiger partial charge in [0.1, 0.15) is 0 Å². The molecule has 0 aliphatic rings. The van der Waals surface area contributed by atoms with Crippen LogP contribution in [0.2, 0.25) is 4.34 Å². The van der Waals surface area contributed by atoms with Gasteiger partial charge in [0.2, 0.25) is 0 Å². The van der Waals surface area contributed by atoms with E-state index in [2.05, 4.69) is 17.6 Å². The molecule has 1 aromatic carbocycles. The van der Waals surface area contributed by atoms with Crippen molar-refractivity contribution < 1.29 is 4.79 Å². The Bertz CT molecular complexity index is 624. The zero-order valence-electron chi connectivity index (χ0n) is 11.7. The summed E-state index contributed by atoms with van der Waals surface area (Å²) in [6.07, 6.45) is 0. The number of hydrogen-bond acceptors (Lipinski definition) is 3. The Morgan fingerprint density at radius 3 is 2.65 bits per heavy atom. The first kappa shape index (κ1) is 14.9. The molecule has 106 valence electrons. The summed E-state index contributed by atoms with van der Waals surface area (Å²) in [6, 6.07) is 7.78. The number of anilines is 1. The highest BCUT2D eigenvalue weighted by molar-refractivity contribution is 7.14. The molecule has 2 rings (SSSR count). The van der Waals surface area contributed by atoms with Crippen LogP contribution in [-0.2, 0) is 0 Å². The number of amides is 1. The predicted octanol–water partition coefficient (Wildman–Crippen LogP) is 4.24. The number of hydrogen-bond donors (Lipinski definition) is 2. The highest BCUT2D eigenvalue weighted by Gasteiger charge is 2.10. The third-order valence-corrected chi connectivity index (χ3v) is 4.28. The van der Waals surface area contributed by atoms with Crippen molar-refractivity contribution in [1.82, 2.24) is 5.32 Å². The van der Waals surface area contributed by atoms with Crippen LogP contribution < -0.4 is 10.6 Å². The third kappa shape index (κ3) is 3.32. The van der Waals surface area contributed by atoms with Crippen LogP contribution in [0.25, 0.3) is 0 Å². The van der Waals surface area contributed by atoms with Crippen LogP contribution in [0, 0.1) is 6.92 Å². The van der Waals surface area contributed by atoms with Crippen molar-refractivity contribution in [2.75, 3.05) is 12.4 Å². The van der Waals surface area contributed by atoms with Gasteiger partial charge in [-0.3, -0.25) is 4.79 Å². The van der Waals surface area contributed by atoms with Gasteiger partial charge >= 0.3 is 0 Å². The molecule has 0 saturated heterocycles. The molecule has 3 nitrogen and oxygen atoms in total. The molecule has 1 aromatic heterocycles. The number of aryl methyl sites for hydroxylation is 1. The van der Waals surface area contributed by atoms with Gasteiger partial charge < -0.3 is 10.6 Å². The first-order valence-electron chi connectivity index (χ1n) is 6.34. The van der Waals surface area contributed by atoms with Gasteiger partial charge in [-0.1, -0.05) is 11.6 Å². The quantitative estimate of drug-likeness (QED) is 0.887. The van der Waals surface area contributed by atoms with E-state index >= 15 is 0 Å². The van der Waals surface area contributed by atoms with E-state index in [1.807, 2.05) is 36.6 Å². The van der Waals surface area contributed by atoms with Crippen molar-refractivity contribution in [1.29, 1.82) is 0 Å². The largest absolute Gasteiger partial charge is 0.378 e. The minimum Gasteiger partial charge on any atom is -0.378 e. The molecule has 2 aromatic rings. The smallest absolute Gasteiger partial charge is 0.251 e. The maximum Gasteiger partial charge on any atom is 0.251 e. The second kappa shape index (κ2) is 6.29. The highest BCUT2D eigenvalue weighted by Crippen LogP contribution is 2.28. The number of carbonyl (C=O) groups excluding carboxylic acids is 1. The number of nitrogens with one attached hydrogen (secondary N) is 2. The molecule has 5 heteroatoms. The Kier molecular flexibility index (Phi) is 4.68. The number of benzene rings is 1. The van der Waals surface area contributed by atoms with Crippen molar-refractivity contribution in [3.63, 3.8) is 0 Å². The van der Waals surface area contributed by atoms with Crippen LogP contribution in [0.1, 0.15) is 34.5 Å². The zero-order chi connectivity index (χ0) is 14.7. The lowest BCUT2D eigenvalue weighted by molar-refractivity contribution is 0.0963. The summed E-state index contributed by atoms with van der Waals surface area (Å²) in [6.45, 7) is 4.08. The first-order valence-corrected chi connectivity index (χ1v) is 7.60. The minimum absolute atomic E-state index is 0.0719. The van der Waals surface area contributed by atoms with E-state index in [1.54, 1.807) is 7.05 Å². The Morgan fingerprint density at radius 1 is 1.35 bits per heavy atom. The first-order chi connectivity index (χ1) is 9.51. The molecule has 1 unspecified atom stereocenters. The number of thiophene rings is 1. The molecule has 2 N–H and O–H groups in total. The summed E-state index contributed by atoms with van der Waals surface area (Å²) in [5.74, 6) is -0.0719. The molecule has 0 aliphatic heterocycles. The van der Waals surface area contributed by atoms with E-state index in [9.17, 15) is 4.79 Å². The van der Waals surface area contributed by atoms with Gasteiger partial charge in [0.05, 0.1) is 4.34 Å². The summed E-state index contributed by atoms with van der Waals surface area (Å²) in [4.78, 5) is 11.6. The van der Waals surface area contributed by atoms with Gasteiger partial charge in [-0.25, -0.2) is 0 Å². The van der Waals surface area contributed by atoms with Crippen LogP contribution in [0.5, 0.6) is 0 Å². The lowest BCUT2D eigenvalue weighted by Crippen LogP contribution is -2.18. The number of carbonyl (C=O) groups is 1. The zero-order valence-corrected chi connectivity index (χ0v) is 13.2. The van der Waals surface area contributed by atoms with Gasteiger partial charge in [0, 0.05) is 24.3 Å².